The molecule has 3 heterocycles. The second kappa shape index (κ2) is 12.4. The number of phenolic OH excluding ortho intramolecular Hbond substituents is 1. The highest BCUT2D eigenvalue weighted by molar-refractivity contribution is 8.00. The van der Waals surface area contributed by atoms with Crippen LogP contribution >= 0.6 is 23.1 Å². The summed E-state index contributed by atoms with van der Waals surface area (Å²) in [6.07, 6.45) is -4.71. The Balaban J connectivity index is 1.42. The largest absolute Gasteiger partial charge is 0.504 e. The van der Waals surface area contributed by atoms with E-state index in [0.717, 1.165) is 46.2 Å². The molecule has 0 saturated carbocycles. The number of phenols is 1. The summed E-state index contributed by atoms with van der Waals surface area (Å²) in [6.45, 7) is 1.52. The van der Waals surface area contributed by atoms with Crippen molar-refractivity contribution in [3.05, 3.63) is 92.4 Å². The number of hydrogen-bond donors (Lipinski definition) is 2. The number of thioether (sulfide) groups is 1. The van der Waals surface area contributed by atoms with Gasteiger partial charge < -0.3 is 19.9 Å². The molecule has 1 saturated heterocycles. The molecule has 10 nitrogen and oxygen atoms in total. The van der Waals surface area contributed by atoms with Gasteiger partial charge in [0.15, 0.2) is 11.5 Å². The molecule has 0 unspecified atom stereocenters. The van der Waals surface area contributed by atoms with E-state index in [4.69, 9.17) is 9.47 Å². The van der Waals surface area contributed by atoms with E-state index in [0.29, 0.717) is 21.9 Å². The number of methoxy groups -OCH3 is 1. The Morgan fingerprint density at radius 3 is 2.45 bits per heavy atom. The molecule has 3 amide bonds. The molecule has 2 aliphatic heterocycles. The summed E-state index contributed by atoms with van der Waals surface area (Å²) in [4.78, 5) is 55.1. The molecule has 1 fully saturated rings. The molecule has 3 aromatic carbocycles. The zero-order valence-electron chi connectivity index (χ0n) is 24.7. The van der Waals surface area contributed by atoms with Crippen molar-refractivity contribution >= 4 is 52.2 Å². The van der Waals surface area contributed by atoms with Gasteiger partial charge in [-0.25, -0.2) is 4.90 Å². The van der Waals surface area contributed by atoms with Crippen LogP contribution in [0, 0.1) is 5.92 Å². The lowest BCUT2D eigenvalue weighted by atomic mass is 9.83. The van der Waals surface area contributed by atoms with Gasteiger partial charge in [-0.2, -0.15) is 13.2 Å². The number of carbonyl (C=O) groups excluding carboxylic acids is 3. The molecule has 244 valence electrons. The van der Waals surface area contributed by atoms with Crippen molar-refractivity contribution in [2.45, 2.75) is 35.8 Å². The highest BCUT2D eigenvalue weighted by Gasteiger charge is 2.57. The van der Waals surface area contributed by atoms with Gasteiger partial charge in [-0.15, -0.1) is 0 Å². The summed E-state index contributed by atoms with van der Waals surface area (Å²) >= 11 is 1.73. The number of nitrogens with zero attached hydrogens (tertiary/aromatic N) is 2. The summed E-state index contributed by atoms with van der Waals surface area (Å²) < 4.78 is 52.6. The molecule has 4 aromatic rings. The fourth-order valence-electron chi connectivity index (χ4n) is 5.70. The molecule has 47 heavy (non-hydrogen) atoms. The number of amides is 3. The van der Waals surface area contributed by atoms with E-state index in [1.807, 2.05) is 0 Å². The van der Waals surface area contributed by atoms with Crippen molar-refractivity contribution in [1.82, 2.24) is 4.57 Å². The number of benzene rings is 3. The first kappa shape index (κ1) is 32.2. The molecule has 1 aromatic heterocycles. The third kappa shape index (κ3) is 5.96. The van der Waals surface area contributed by atoms with Gasteiger partial charge in [-0.05, 0) is 67.1 Å². The normalized spacial score (nSPS) is 18.9. The summed E-state index contributed by atoms with van der Waals surface area (Å²) in [5.74, 6) is -3.54. The van der Waals surface area contributed by atoms with Crippen LogP contribution in [0.5, 0.6) is 17.2 Å². The van der Waals surface area contributed by atoms with E-state index in [1.54, 1.807) is 31.2 Å². The zero-order chi connectivity index (χ0) is 33.6. The fraction of sp³-hybridized carbons (Fsp3) is 0.250. The first-order valence-corrected chi connectivity index (χ1v) is 16.0. The maximum absolute atomic E-state index is 14.1. The first-order valence-electron chi connectivity index (χ1n) is 14.3. The van der Waals surface area contributed by atoms with Crippen molar-refractivity contribution in [2.24, 2.45) is 5.92 Å². The number of carbonyl (C=O) groups is 3. The van der Waals surface area contributed by atoms with Gasteiger partial charge in [-0.1, -0.05) is 35.2 Å². The topological polar surface area (TPSA) is 127 Å². The molecule has 0 aliphatic carbocycles. The van der Waals surface area contributed by atoms with Crippen LogP contribution in [0.1, 0.15) is 28.8 Å². The van der Waals surface area contributed by atoms with E-state index in [1.165, 1.54) is 35.9 Å². The van der Waals surface area contributed by atoms with Crippen molar-refractivity contribution in [3.63, 3.8) is 0 Å². The Kier molecular flexibility index (Phi) is 8.53. The quantitative estimate of drug-likeness (QED) is 0.234. The Bertz CT molecular complexity index is 1940. The third-order valence-electron chi connectivity index (χ3n) is 7.80. The Labute approximate surface area is 273 Å². The molecule has 2 aliphatic rings. The molecular formula is C32H26F3N3O7S2. The van der Waals surface area contributed by atoms with E-state index >= 15 is 0 Å². The van der Waals surface area contributed by atoms with Crippen LogP contribution in [0.2, 0.25) is 0 Å². The molecule has 2 N–H and O–H groups in total. The lowest BCUT2D eigenvalue weighted by molar-refractivity contribution is -0.137. The van der Waals surface area contributed by atoms with Gasteiger partial charge in [0, 0.05) is 16.5 Å². The lowest BCUT2D eigenvalue weighted by Crippen LogP contribution is -2.33. The standard InChI is InChI=1S/C32H26F3N3O7S2/c1-3-45-22-13-16(7-12-21(22)39)24-25-26(29(42)38(28(25)41)19-6-4-5-17(14-19)32(33,34)35)46-30-27(24)47-31(43)37(30)15-23(40)36-18-8-10-20(44-2)11-9-18/h4-14,24-26,39H,3,15H2,1-2H3,(H,36,40)/t24-,25+,26-/m0/s1. The van der Waals surface area contributed by atoms with E-state index in [-0.39, 0.29) is 28.8 Å². The minimum absolute atomic E-state index is 0.110. The number of ether oxygens (including phenoxy) is 2. The molecule has 0 bridgehead atoms. The number of rotatable bonds is 8. The highest BCUT2D eigenvalue weighted by atomic mass is 32.2. The number of fused-ring (bicyclic) bond motifs is 2. The van der Waals surface area contributed by atoms with Crippen molar-refractivity contribution in [3.8, 4) is 17.2 Å². The minimum Gasteiger partial charge on any atom is -0.504 e. The average Bonchev–Trinajstić information content (AvgIpc) is 3.48. The van der Waals surface area contributed by atoms with Crippen LogP contribution in [0.4, 0.5) is 24.5 Å². The molecular weight excluding hydrogens is 659 g/mol. The van der Waals surface area contributed by atoms with Crippen molar-refractivity contribution in [1.29, 1.82) is 0 Å². The van der Waals surface area contributed by atoms with E-state index < -0.39 is 58.0 Å². The van der Waals surface area contributed by atoms with Gasteiger partial charge in [0.1, 0.15) is 17.5 Å². The second-order valence-corrected chi connectivity index (χ2v) is 12.8. The number of aromatic hydroxyl groups is 1. The van der Waals surface area contributed by atoms with E-state index in [9.17, 15) is 37.5 Å². The molecule has 3 atom stereocenters. The number of hydrogen-bond acceptors (Lipinski definition) is 9. The number of alkyl halides is 3. The SMILES string of the molecule is CCOc1cc([C@@H]2c3sc(=O)n(CC(=O)Nc4ccc(OC)cc4)c3S[C@@H]3C(=O)N(c4cccc(C(F)(F)F)c4)C(=O)[C@H]23)ccc1O. The van der Waals surface area contributed by atoms with Gasteiger partial charge in [0.25, 0.3) is 0 Å². The third-order valence-corrected chi connectivity index (χ3v) is 10.4. The minimum atomic E-state index is -4.71. The second-order valence-electron chi connectivity index (χ2n) is 10.7. The van der Waals surface area contributed by atoms with Gasteiger partial charge in [-0.3, -0.25) is 23.7 Å². The molecule has 6 rings (SSSR count). The predicted octanol–water partition coefficient (Wildman–Crippen LogP) is 5.48. The number of halogens is 3. The van der Waals surface area contributed by atoms with Crippen molar-refractivity contribution in [2.75, 3.05) is 23.9 Å². The Morgan fingerprint density at radius 2 is 1.77 bits per heavy atom. The number of nitrogens with one attached hydrogen (secondary N) is 1. The lowest BCUT2D eigenvalue weighted by Gasteiger charge is -2.31. The van der Waals surface area contributed by atoms with Crippen molar-refractivity contribution < 1.29 is 42.1 Å². The summed E-state index contributed by atoms with van der Waals surface area (Å²) in [5.41, 5.74) is -0.361. The number of anilines is 2. The molecule has 0 radical (unpaired) electrons. The Morgan fingerprint density at radius 1 is 1.02 bits per heavy atom. The monoisotopic (exact) mass is 685 g/mol. The first-order chi connectivity index (χ1) is 22.4. The van der Waals surface area contributed by atoms with Crippen LogP contribution < -0.4 is 24.6 Å². The fourth-order valence-corrected chi connectivity index (χ4v) is 8.48. The maximum atomic E-state index is 14.1. The molecule has 0 spiro atoms. The Hall–Kier alpha value is -4.76. The maximum Gasteiger partial charge on any atom is 0.416 e. The number of aromatic nitrogens is 1. The number of thiazole rings is 1. The summed E-state index contributed by atoms with van der Waals surface area (Å²) in [5, 5.41) is 12.2. The summed E-state index contributed by atoms with van der Waals surface area (Å²) in [7, 11) is 1.51. The number of imide groups is 1. The van der Waals surface area contributed by atoms with Crippen LogP contribution in [0.15, 0.2) is 76.6 Å². The van der Waals surface area contributed by atoms with Gasteiger partial charge in [0.2, 0.25) is 17.7 Å². The van der Waals surface area contributed by atoms with Crippen LogP contribution in [0.3, 0.4) is 0 Å². The molecule has 15 heteroatoms. The van der Waals surface area contributed by atoms with Gasteiger partial charge in [0.05, 0.1) is 35.9 Å². The highest BCUT2D eigenvalue weighted by Crippen LogP contribution is 2.54. The smallest absolute Gasteiger partial charge is 0.416 e. The van der Waals surface area contributed by atoms with E-state index in [2.05, 4.69) is 5.32 Å². The summed E-state index contributed by atoms with van der Waals surface area (Å²) in [6, 6.07) is 14.9. The van der Waals surface area contributed by atoms with Gasteiger partial charge >= 0.3 is 11.0 Å². The van der Waals surface area contributed by atoms with Crippen LogP contribution in [-0.4, -0.2) is 46.4 Å². The van der Waals surface area contributed by atoms with Crippen LogP contribution in [0.25, 0.3) is 0 Å². The average molecular weight is 686 g/mol. The van der Waals surface area contributed by atoms with Crippen LogP contribution in [-0.2, 0) is 27.1 Å². The zero-order valence-corrected chi connectivity index (χ0v) is 26.4. The predicted molar refractivity (Wildman–Crippen MR) is 168 cm³/mol.